The molecule has 44 heteroatoms. The number of unbranched alkanes of at least 4 members (excludes halogenated alkanes) is 30. The summed E-state index contributed by atoms with van der Waals surface area (Å²) < 4.78 is 97.4. The lowest BCUT2D eigenvalue weighted by molar-refractivity contribution is -0.406. The first kappa shape index (κ1) is 122. The minimum Gasteiger partial charge on any atom is -0.394 e. The van der Waals surface area contributed by atoms with Crippen LogP contribution in [0.1, 0.15) is 260 Å². The van der Waals surface area contributed by atoms with Gasteiger partial charge in [0, 0.05) is 20.3 Å². The van der Waals surface area contributed by atoms with Gasteiger partial charge in [-0.3, -0.25) is 14.4 Å². The van der Waals surface area contributed by atoms with Gasteiger partial charge in [0.1, 0.15) is 183 Å². The van der Waals surface area contributed by atoms with E-state index in [9.17, 15) is 127 Å². The second kappa shape index (κ2) is 64.0. The molecule has 16 unspecified atom stereocenters. The van der Waals surface area contributed by atoms with Gasteiger partial charge in [0.2, 0.25) is 17.7 Å². The minimum absolute atomic E-state index is 0.146. The molecule has 0 aliphatic carbocycles. The molecule has 8 aliphatic heterocycles. The molecular formula is C96H171N3O41. The van der Waals surface area contributed by atoms with Gasteiger partial charge in [-0.25, -0.2) is 0 Å². The van der Waals surface area contributed by atoms with Crippen molar-refractivity contribution in [3.63, 3.8) is 0 Å². The highest BCUT2D eigenvalue weighted by Gasteiger charge is 2.61. The second-order valence-electron chi connectivity index (χ2n) is 38.7. The highest BCUT2D eigenvalue weighted by atomic mass is 16.8. The van der Waals surface area contributed by atoms with Gasteiger partial charge in [0.05, 0.1) is 70.6 Å². The molecule has 816 valence electrons. The number of aliphatic hydroxyl groups is 22. The highest BCUT2D eigenvalue weighted by Crippen LogP contribution is 2.41. The van der Waals surface area contributed by atoms with E-state index in [4.69, 9.17) is 75.8 Å². The van der Waals surface area contributed by atoms with Crippen LogP contribution in [0.15, 0.2) is 24.3 Å². The van der Waals surface area contributed by atoms with Gasteiger partial charge in [-0.1, -0.05) is 205 Å². The van der Waals surface area contributed by atoms with E-state index >= 15 is 0 Å². The maximum Gasteiger partial charge on any atom is 0.220 e. The molecule has 0 aromatic heterocycles. The Morgan fingerprint density at radius 2 is 0.614 bits per heavy atom. The fourth-order valence-corrected chi connectivity index (χ4v) is 19.0. The predicted octanol–water partition coefficient (Wildman–Crippen LogP) is -1.82. The molecule has 25 N–H and O–H groups in total. The van der Waals surface area contributed by atoms with Gasteiger partial charge in [0.15, 0.2) is 50.3 Å². The number of aliphatic hydroxyl groups excluding tert-OH is 22. The van der Waals surface area contributed by atoms with Gasteiger partial charge < -0.3 is 204 Å². The Morgan fingerprint density at radius 3 is 1.09 bits per heavy atom. The van der Waals surface area contributed by atoms with Crippen LogP contribution in [0.3, 0.4) is 0 Å². The van der Waals surface area contributed by atoms with Gasteiger partial charge in [0.25, 0.3) is 0 Å². The fourth-order valence-electron chi connectivity index (χ4n) is 19.0. The Balaban J connectivity index is 0.941. The Bertz CT molecular complexity index is 3430. The summed E-state index contributed by atoms with van der Waals surface area (Å²) in [6.45, 7) is 1.82. The van der Waals surface area contributed by atoms with Gasteiger partial charge in [-0.05, 0) is 58.8 Å². The zero-order chi connectivity index (χ0) is 102. The zero-order valence-electron chi connectivity index (χ0n) is 82.1. The smallest absolute Gasteiger partial charge is 0.220 e. The fraction of sp³-hybridized carbons (Fsp3) is 0.927. The number of amides is 3. The first-order chi connectivity index (χ1) is 67.2. The maximum absolute atomic E-state index is 13.7. The second-order valence-corrected chi connectivity index (χ2v) is 38.7. The van der Waals surface area contributed by atoms with E-state index < -0.39 is 316 Å². The first-order valence-corrected chi connectivity index (χ1v) is 51.4. The largest absolute Gasteiger partial charge is 0.394 e. The molecule has 42 atom stereocenters. The summed E-state index contributed by atoms with van der Waals surface area (Å²) in [5.74, 6) is -2.27. The number of hydrogen-bond acceptors (Lipinski definition) is 41. The molecule has 0 spiro atoms. The summed E-state index contributed by atoms with van der Waals surface area (Å²) in [6.07, 6.45) is -31.3. The van der Waals surface area contributed by atoms with Gasteiger partial charge >= 0.3 is 0 Å². The monoisotopic (exact) mass is 2020 g/mol. The maximum atomic E-state index is 13.7. The Kier molecular flexibility index (Phi) is 55.6. The normalized spacial score (nSPS) is 38.9. The Morgan fingerprint density at radius 1 is 0.293 bits per heavy atom. The van der Waals surface area contributed by atoms with Crippen molar-refractivity contribution in [2.24, 2.45) is 0 Å². The summed E-state index contributed by atoms with van der Waals surface area (Å²) in [6, 6.07) is -5.07. The Labute approximate surface area is 820 Å². The molecular weight excluding hydrogens is 1850 g/mol. The number of ether oxygens (including phenoxy) is 16. The molecule has 8 fully saturated rings. The van der Waals surface area contributed by atoms with Crippen LogP contribution in [0.25, 0.3) is 0 Å². The predicted molar refractivity (Wildman–Crippen MR) is 493 cm³/mol. The average Bonchev–Trinajstić information content (AvgIpc) is 0.754. The van der Waals surface area contributed by atoms with Crippen molar-refractivity contribution in [2.75, 3.05) is 46.2 Å². The van der Waals surface area contributed by atoms with E-state index in [1.807, 2.05) is 6.08 Å². The number of allylic oxidation sites excluding steroid dienone is 3. The van der Waals surface area contributed by atoms with E-state index in [-0.39, 0.29) is 12.3 Å². The van der Waals surface area contributed by atoms with E-state index in [1.54, 1.807) is 6.08 Å². The quantitative estimate of drug-likeness (QED) is 0.0235. The summed E-state index contributed by atoms with van der Waals surface area (Å²) in [4.78, 5) is 40.5. The van der Waals surface area contributed by atoms with Crippen molar-refractivity contribution in [3.05, 3.63) is 24.3 Å². The lowest BCUT2D eigenvalue weighted by Crippen LogP contribution is -2.71. The number of hydrogen-bond donors (Lipinski definition) is 25. The Hall–Kier alpha value is -3.63. The van der Waals surface area contributed by atoms with Crippen molar-refractivity contribution in [1.82, 2.24) is 16.0 Å². The van der Waals surface area contributed by atoms with Crippen molar-refractivity contribution in [1.29, 1.82) is 0 Å². The van der Waals surface area contributed by atoms with Crippen LogP contribution in [-0.4, -0.2) is 434 Å². The van der Waals surface area contributed by atoms with E-state index in [0.29, 0.717) is 12.8 Å². The summed E-state index contributed by atoms with van der Waals surface area (Å²) in [5, 5.41) is 258. The molecule has 0 bridgehead atoms. The summed E-state index contributed by atoms with van der Waals surface area (Å²) >= 11 is 0. The molecule has 8 aliphatic rings. The van der Waals surface area contributed by atoms with E-state index in [0.717, 1.165) is 78.1 Å². The lowest BCUT2D eigenvalue weighted by atomic mass is 9.93. The van der Waals surface area contributed by atoms with Crippen molar-refractivity contribution in [3.8, 4) is 0 Å². The summed E-state index contributed by atoms with van der Waals surface area (Å²) in [5.41, 5.74) is 0. The highest BCUT2D eigenvalue weighted by molar-refractivity contribution is 5.76. The molecule has 8 saturated heterocycles. The number of carbonyl (C=O) groups is 3. The molecule has 3 amide bonds. The molecule has 8 heterocycles. The third-order valence-electron chi connectivity index (χ3n) is 27.5. The SMILES string of the molecule is CCCCCCCC/C=C\CCCCCCCCCCCCCCCC(=O)N[C@@H](CO[C@@H]1OC(CO)[C@@H](O[C@@H]2OC(CO)[C@H](O)[C@H](O[C@@H]3OC(CO)[C@@H](O[C@@H]4OC(CO)[C@H](O)[C@H](O[C@H]5OC(CO)[C@H](O)[C@H](O[C@@H]6OC(CO)[C@H](O)[C@H](O)C6O[C@H]6OC(C)[C@@H](O)C(O)[C@@H]6O)C5NC(C)=O)C4O[C@H]4OC(C)[C@@H](O)C(O)[C@@H]4O)[C@H](O)C3NC(C)=O)C2O)[C@H](O)C1O)[C@H](O)/C=C/CCCCCCCCCCCCC. The number of rotatable bonds is 63. The first-order valence-electron chi connectivity index (χ1n) is 51.4. The molecule has 0 saturated carbocycles. The number of nitrogens with one attached hydrogen (secondary N) is 3. The van der Waals surface area contributed by atoms with Crippen molar-refractivity contribution < 1.29 is 203 Å². The third kappa shape index (κ3) is 36.1. The third-order valence-corrected chi connectivity index (χ3v) is 27.5. The number of carbonyl (C=O) groups excluding carboxylic acids is 3. The molecule has 44 nitrogen and oxygen atoms in total. The van der Waals surface area contributed by atoms with Crippen LogP contribution < -0.4 is 16.0 Å². The van der Waals surface area contributed by atoms with E-state index in [1.165, 1.54) is 149 Å². The topological polar surface area (TPSA) is 680 Å². The lowest BCUT2D eigenvalue weighted by Gasteiger charge is -2.52. The van der Waals surface area contributed by atoms with Crippen LogP contribution in [0, 0.1) is 0 Å². The minimum atomic E-state index is -2.32. The van der Waals surface area contributed by atoms with Gasteiger partial charge in [-0.2, -0.15) is 0 Å². The summed E-state index contributed by atoms with van der Waals surface area (Å²) in [7, 11) is 0. The van der Waals surface area contributed by atoms with Crippen LogP contribution in [0.5, 0.6) is 0 Å². The standard InChI is InChI=1S/C96H171N3O41/c1-7-9-11-13-15-17-19-21-22-23-24-25-26-27-28-29-30-32-34-36-38-40-42-44-64(109)99-56(57(108)43-41-39-37-35-33-31-20-18-16-14-12-10-8-2)51-125-91-80(123)77(120)83(63(50-105)133-91)134-94-81(124)85(71(114)60(47-102)129-94)137-89-65(97-54(5)106)73(116)82(62(49-104)132-89)135-96-88(140-93-79(122)75(118)68(111)53(4)127-93)86(72(115)61(48-103)131-96)138-90-66(98-55(6)107)84(70(113)59(46-101)128-90)136-95-87(76(119)69(112)58(45-100)130-95)139-92-78(121)74(117)67(110)52(3)126-92/h21-22,41,43,52-53,56-63,65-96,100-105,108,110-124H,7-20,23-40,42,44-51H2,1-6H3,(H,97,106)(H,98,107)(H,99,109)/b22-21-,43-41+/t52?,53?,56-,57+,58?,59?,60?,61?,62?,63?,65?,66?,67+,68+,69-,70-,71-,72-,73+,74?,75?,76-,77+,78-,79-,80?,81?,82+,83+,84+,85-,86-,87?,88?,89-,90+,91+,92+,93+,94-,95-,96-/m0/s1. The molecule has 0 aromatic rings. The van der Waals surface area contributed by atoms with Gasteiger partial charge in [-0.15, -0.1) is 0 Å². The molecule has 140 heavy (non-hydrogen) atoms. The average molecular weight is 2020 g/mol. The van der Waals surface area contributed by atoms with Crippen LogP contribution in [0.4, 0.5) is 0 Å². The van der Waals surface area contributed by atoms with Crippen LogP contribution >= 0.6 is 0 Å². The zero-order valence-corrected chi connectivity index (χ0v) is 82.1. The van der Waals surface area contributed by atoms with E-state index in [2.05, 4.69) is 41.9 Å². The van der Waals surface area contributed by atoms with Crippen LogP contribution in [-0.2, 0) is 90.2 Å². The molecule has 0 radical (unpaired) electrons. The van der Waals surface area contributed by atoms with Crippen LogP contribution in [0.2, 0.25) is 0 Å². The van der Waals surface area contributed by atoms with Crippen molar-refractivity contribution in [2.45, 2.75) is 518 Å². The molecule has 8 rings (SSSR count). The van der Waals surface area contributed by atoms with Crippen molar-refractivity contribution >= 4 is 17.7 Å². The molecule has 0 aromatic carbocycles.